The smallest absolute Gasteiger partial charge is 0.409 e. The monoisotopic (exact) mass is 228 g/mol. The van der Waals surface area contributed by atoms with Crippen LogP contribution in [0, 0.1) is 0 Å². The molecule has 0 spiro atoms. The summed E-state index contributed by atoms with van der Waals surface area (Å²) in [5, 5.41) is 0.223. The minimum absolute atomic E-state index is 0.161. The average molecular weight is 229 g/mol. The fourth-order valence-corrected chi connectivity index (χ4v) is 1.11. The standard InChI is InChI=1S/C5H3Cl3N2O2/c6-4-1-3(12-5(7)11)2-10(8)9-4/h1-2,9H. The zero-order valence-corrected chi connectivity index (χ0v) is 7.82. The molecule has 0 aromatic carbocycles. The Morgan fingerprint density at radius 3 is 2.83 bits per heavy atom. The summed E-state index contributed by atoms with van der Waals surface area (Å²) in [6.07, 6.45) is 2.66. The first kappa shape index (κ1) is 9.51. The van der Waals surface area contributed by atoms with Gasteiger partial charge in [0.15, 0.2) is 5.76 Å². The Morgan fingerprint density at radius 2 is 2.33 bits per heavy atom. The predicted molar refractivity (Wildman–Crippen MR) is 45.2 cm³/mol. The van der Waals surface area contributed by atoms with Crippen molar-refractivity contribution in [2.24, 2.45) is 0 Å². The van der Waals surface area contributed by atoms with Gasteiger partial charge in [-0.2, -0.15) is 4.53 Å². The SMILES string of the molecule is O=C(Cl)OC1=CN(Cl)NC(Cl)=C1. The number of carbonyl (C=O) groups excluding carboxylic acids is 1. The van der Waals surface area contributed by atoms with E-state index in [1.54, 1.807) is 0 Å². The Kier molecular flexibility index (Phi) is 3.08. The van der Waals surface area contributed by atoms with Gasteiger partial charge in [-0.05, 0) is 0 Å². The van der Waals surface area contributed by atoms with Crippen molar-refractivity contribution in [3.05, 3.63) is 23.2 Å². The molecule has 1 rings (SSSR count). The molecule has 66 valence electrons. The summed E-state index contributed by atoms with van der Waals surface area (Å²) >= 11 is 16.0. The molecule has 0 radical (unpaired) electrons. The minimum atomic E-state index is -0.950. The molecule has 1 aliphatic heterocycles. The zero-order valence-electron chi connectivity index (χ0n) is 5.55. The molecule has 1 N–H and O–H groups in total. The van der Waals surface area contributed by atoms with Gasteiger partial charge >= 0.3 is 5.43 Å². The van der Waals surface area contributed by atoms with Gasteiger partial charge in [0.1, 0.15) is 5.16 Å². The van der Waals surface area contributed by atoms with Gasteiger partial charge in [-0.15, -0.1) is 0 Å². The third kappa shape index (κ3) is 2.81. The fraction of sp³-hybridized carbons (Fsp3) is 0. The molecule has 12 heavy (non-hydrogen) atoms. The van der Waals surface area contributed by atoms with Crippen LogP contribution in [0.5, 0.6) is 0 Å². The second-order valence-electron chi connectivity index (χ2n) is 1.79. The fourth-order valence-electron chi connectivity index (χ4n) is 0.589. The Labute approximate surface area is 83.4 Å². The van der Waals surface area contributed by atoms with Crippen LogP contribution in [0.3, 0.4) is 0 Å². The first-order valence-corrected chi connectivity index (χ1v) is 3.85. The highest BCUT2D eigenvalue weighted by molar-refractivity contribution is 6.61. The van der Waals surface area contributed by atoms with Crippen LogP contribution in [-0.2, 0) is 4.74 Å². The van der Waals surface area contributed by atoms with E-state index < -0.39 is 5.43 Å². The normalized spacial score (nSPS) is 16.1. The van der Waals surface area contributed by atoms with E-state index in [4.69, 9.17) is 35.0 Å². The summed E-state index contributed by atoms with van der Waals surface area (Å²) in [4.78, 5) is 10.3. The van der Waals surface area contributed by atoms with Crippen molar-refractivity contribution >= 4 is 40.4 Å². The van der Waals surface area contributed by atoms with E-state index >= 15 is 0 Å². The zero-order chi connectivity index (χ0) is 9.14. The average Bonchev–Trinajstić information content (AvgIpc) is 1.81. The van der Waals surface area contributed by atoms with E-state index in [0.717, 1.165) is 4.53 Å². The third-order valence-corrected chi connectivity index (χ3v) is 1.37. The second-order valence-corrected chi connectivity index (χ2v) is 2.87. The van der Waals surface area contributed by atoms with Crippen molar-refractivity contribution in [1.82, 2.24) is 9.95 Å². The molecule has 0 aliphatic carbocycles. The van der Waals surface area contributed by atoms with E-state index in [1.165, 1.54) is 12.3 Å². The number of nitrogens with one attached hydrogen (secondary N) is 1. The van der Waals surface area contributed by atoms with Crippen LogP contribution in [0.1, 0.15) is 0 Å². The van der Waals surface area contributed by atoms with Crippen molar-refractivity contribution in [2.75, 3.05) is 0 Å². The maximum atomic E-state index is 10.3. The molecule has 0 atom stereocenters. The van der Waals surface area contributed by atoms with Gasteiger partial charge in [0.25, 0.3) is 0 Å². The first-order valence-electron chi connectivity index (χ1n) is 2.76. The van der Waals surface area contributed by atoms with Crippen LogP contribution in [0.4, 0.5) is 4.79 Å². The number of hydrogen-bond donors (Lipinski definition) is 1. The van der Waals surface area contributed by atoms with E-state index in [-0.39, 0.29) is 10.9 Å². The molecule has 4 nitrogen and oxygen atoms in total. The molecule has 0 amide bonds. The number of hydrogen-bond acceptors (Lipinski definition) is 4. The molecule has 0 saturated carbocycles. The highest BCUT2D eigenvalue weighted by Crippen LogP contribution is 2.15. The lowest BCUT2D eigenvalue weighted by atomic mass is 10.5. The number of nitrogens with zero attached hydrogens (tertiary/aromatic N) is 1. The van der Waals surface area contributed by atoms with Gasteiger partial charge < -0.3 is 4.74 Å². The molecular weight excluding hydrogens is 226 g/mol. The maximum absolute atomic E-state index is 10.3. The highest BCUT2D eigenvalue weighted by Gasteiger charge is 2.10. The van der Waals surface area contributed by atoms with Gasteiger partial charge in [0, 0.05) is 29.5 Å². The largest absolute Gasteiger partial charge is 0.413 e. The summed E-state index contributed by atoms with van der Waals surface area (Å²) in [6.45, 7) is 0. The number of rotatable bonds is 1. The molecule has 7 heteroatoms. The van der Waals surface area contributed by atoms with Crippen LogP contribution in [-0.4, -0.2) is 9.96 Å². The summed E-state index contributed by atoms with van der Waals surface area (Å²) in [5.41, 5.74) is 1.55. The first-order chi connectivity index (χ1) is 5.58. The number of halogens is 3. The summed E-state index contributed by atoms with van der Waals surface area (Å²) in [7, 11) is 0. The number of ether oxygens (including phenoxy) is 1. The Balaban J connectivity index is 2.69. The summed E-state index contributed by atoms with van der Waals surface area (Å²) in [5.74, 6) is 0.161. The van der Waals surface area contributed by atoms with Crippen molar-refractivity contribution in [3.63, 3.8) is 0 Å². The van der Waals surface area contributed by atoms with Crippen LogP contribution < -0.4 is 5.43 Å². The molecule has 0 aromatic rings. The van der Waals surface area contributed by atoms with Crippen LogP contribution in [0.25, 0.3) is 0 Å². The third-order valence-electron chi connectivity index (χ3n) is 0.921. The highest BCUT2D eigenvalue weighted by atomic mass is 35.5. The molecule has 0 fully saturated rings. The van der Waals surface area contributed by atoms with Crippen molar-refractivity contribution in [2.45, 2.75) is 0 Å². The quantitative estimate of drug-likeness (QED) is 0.425. The Bertz CT molecular complexity index is 263. The van der Waals surface area contributed by atoms with Gasteiger partial charge in [-0.1, -0.05) is 11.6 Å². The van der Waals surface area contributed by atoms with Crippen molar-refractivity contribution in [3.8, 4) is 0 Å². The molecule has 0 saturated heterocycles. The predicted octanol–water partition coefficient (Wildman–Crippen LogP) is 2.26. The van der Waals surface area contributed by atoms with E-state index in [2.05, 4.69) is 10.2 Å². The van der Waals surface area contributed by atoms with Gasteiger partial charge in [0.05, 0.1) is 6.20 Å². The van der Waals surface area contributed by atoms with E-state index in [9.17, 15) is 4.79 Å². The molecule has 0 aromatic heterocycles. The molecular formula is C5H3Cl3N2O2. The lowest BCUT2D eigenvalue weighted by Gasteiger charge is -2.17. The number of allylic oxidation sites excluding steroid dienone is 1. The van der Waals surface area contributed by atoms with Gasteiger partial charge in [-0.25, -0.2) is 4.79 Å². The molecule has 0 bridgehead atoms. The van der Waals surface area contributed by atoms with Crippen LogP contribution >= 0.6 is 35.0 Å². The van der Waals surface area contributed by atoms with E-state index in [1.807, 2.05) is 0 Å². The topological polar surface area (TPSA) is 41.6 Å². The lowest BCUT2D eigenvalue weighted by molar-refractivity contribution is 0.203. The Morgan fingerprint density at radius 1 is 1.67 bits per heavy atom. The van der Waals surface area contributed by atoms with Gasteiger partial charge in [-0.3, -0.25) is 5.43 Å². The van der Waals surface area contributed by atoms with E-state index in [0.29, 0.717) is 0 Å². The van der Waals surface area contributed by atoms with Crippen LogP contribution in [0.2, 0.25) is 0 Å². The maximum Gasteiger partial charge on any atom is 0.409 e. The van der Waals surface area contributed by atoms with Gasteiger partial charge in [0.2, 0.25) is 0 Å². The summed E-state index contributed by atoms with van der Waals surface area (Å²) < 4.78 is 5.50. The summed E-state index contributed by atoms with van der Waals surface area (Å²) in [6, 6.07) is 0. The second kappa shape index (κ2) is 3.89. The molecule has 1 heterocycles. The molecule has 1 aliphatic rings. The number of hydrazine groups is 1. The number of carbonyl (C=O) groups is 1. The Hall–Kier alpha value is -0.580. The lowest BCUT2D eigenvalue weighted by Crippen LogP contribution is -2.25. The minimum Gasteiger partial charge on any atom is -0.413 e. The molecule has 0 unspecified atom stereocenters. The van der Waals surface area contributed by atoms with Crippen LogP contribution in [0.15, 0.2) is 23.2 Å². The van der Waals surface area contributed by atoms with Crippen molar-refractivity contribution < 1.29 is 9.53 Å². The van der Waals surface area contributed by atoms with Crippen molar-refractivity contribution in [1.29, 1.82) is 0 Å².